The number of aryl methyl sites for hydroxylation is 2. The van der Waals surface area contributed by atoms with Crippen molar-refractivity contribution in [3.63, 3.8) is 0 Å². The first-order valence-corrected chi connectivity index (χ1v) is 6.76. The summed E-state index contributed by atoms with van der Waals surface area (Å²) in [5.41, 5.74) is 10.6. The van der Waals surface area contributed by atoms with E-state index >= 15 is 0 Å². The van der Waals surface area contributed by atoms with E-state index in [1.807, 2.05) is 12.3 Å². The van der Waals surface area contributed by atoms with E-state index in [-0.39, 0.29) is 5.41 Å². The van der Waals surface area contributed by atoms with Gasteiger partial charge in [-0.05, 0) is 38.3 Å². The van der Waals surface area contributed by atoms with Gasteiger partial charge in [-0.25, -0.2) is 9.97 Å². The third kappa shape index (κ3) is 2.15. The fourth-order valence-electron chi connectivity index (χ4n) is 2.54. The molecule has 0 atom stereocenters. The number of nitrogens with zero attached hydrogens (tertiary/aromatic N) is 2. The van der Waals surface area contributed by atoms with Gasteiger partial charge in [0.05, 0.1) is 5.69 Å². The highest BCUT2D eigenvalue weighted by Crippen LogP contribution is 2.45. The largest absolute Gasteiger partial charge is 0.329 e. The molecular weight excluding hydrogens is 234 g/mol. The molecule has 98 valence electrons. The van der Waals surface area contributed by atoms with E-state index in [0.29, 0.717) is 6.54 Å². The molecule has 3 rings (SSSR count). The predicted octanol–water partition coefficient (Wildman–Crippen LogP) is 2.75. The quantitative estimate of drug-likeness (QED) is 0.915. The van der Waals surface area contributed by atoms with Gasteiger partial charge in [-0.3, -0.25) is 0 Å². The lowest BCUT2D eigenvalue weighted by Gasteiger charge is -2.12. The smallest absolute Gasteiger partial charge is 0.136 e. The van der Waals surface area contributed by atoms with Gasteiger partial charge in [0, 0.05) is 23.7 Å². The van der Waals surface area contributed by atoms with Crippen molar-refractivity contribution in [2.45, 2.75) is 32.1 Å². The normalized spacial score (nSPS) is 16.4. The van der Waals surface area contributed by atoms with Gasteiger partial charge in [-0.15, -0.1) is 0 Å². The highest BCUT2D eigenvalue weighted by molar-refractivity contribution is 5.63. The summed E-state index contributed by atoms with van der Waals surface area (Å²) in [5.74, 6) is 0.910. The second kappa shape index (κ2) is 4.42. The molecule has 1 aromatic heterocycles. The molecule has 0 radical (unpaired) electrons. The van der Waals surface area contributed by atoms with Crippen LogP contribution in [0.1, 0.15) is 29.8 Å². The number of rotatable bonds is 3. The molecule has 0 bridgehead atoms. The lowest BCUT2D eigenvalue weighted by molar-refractivity contribution is 0.649. The van der Waals surface area contributed by atoms with Crippen molar-refractivity contribution in [2.24, 2.45) is 5.73 Å². The summed E-state index contributed by atoms with van der Waals surface area (Å²) in [6.07, 6.45) is 4.08. The molecule has 0 saturated heterocycles. The van der Waals surface area contributed by atoms with Crippen molar-refractivity contribution < 1.29 is 0 Å². The Kier molecular flexibility index (Phi) is 2.86. The molecule has 2 aromatic rings. The van der Waals surface area contributed by atoms with Crippen LogP contribution in [-0.4, -0.2) is 16.5 Å². The molecule has 1 aromatic carbocycles. The monoisotopic (exact) mass is 253 g/mol. The van der Waals surface area contributed by atoms with Gasteiger partial charge in [0.1, 0.15) is 5.82 Å². The number of hydrogen-bond donors (Lipinski definition) is 1. The Bertz CT molecular complexity index is 615. The average molecular weight is 253 g/mol. The van der Waals surface area contributed by atoms with Gasteiger partial charge in [0.15, 0.2) is 0 Å². The van der Waals surface area contributed by atoms with Gasteiger partial charge >= 0.3 is 0 Å². The van der Waals surface area contributed by atoms with E-state index in [2.05, 4.69) is 37.0 Å². The van der Waals surface area contributed by atoms with Crippen LogP contribution in [0.2, 0.25) is 0 Å². The van der Waals surface area contributed by atoms with Crippen LogP contribution in [0.5, 0.6) is 0 Å². The second-order valence-corrected chi connectivity index (χ2v) is 5.57. The first kappa shape index (κ1) is 12.3. The summed E-state index contributed by atoms with van der Waals surface area (Å²) in [6, 6.07) is 8.43. The lowest BCUT2D eigenvalue weighted by atomic mass is 10.0. The molecule has 3 nitrogen and oxygen atoms in total. The van der Waals surface area contributed by atoms with Gasteiger partial charge in [-0.1, -0.05) is 23.8 Å². The third-order valence-electron chi connectivity index (χ3n) is 4.03. The maximum atomic E-state index is 5.86. The van der Waals surface area contributed by atoms with Crippen molar-refractivity contribution in [3.05, 3.63) is 47.4 Å². The Hall–Kier alpha value is -1.74. The fraction of sp³-hybridized carbons (Fsp3) is 0.375. The zero-order chi connectivity index (χ0) is 13.5. The molecule has 0 amide bonds. The molecule has 1 heterocycles. The summed E-state index contributed by atoms with van der Waals surface area (Å²) < 4.78 is 0. The number of benzene rings is 1. The van der Waals surface area contributed by atoms with Crippen LogP contribution >= 0.6 is 0 Å². The highest BCUT2D eigenvalue weighted by atomic mass is 14.9. The van der Waals surface area contributed by atoms with Gasteiger partial charge in [0.2, 0.25) is 0 Å². The highest BCUT2D eigenvalue weighted by Gasteiger charge is 2.45. The Morgan fingerprint density at radius 1 is 1.21 bits per heavy atom. The molecule has 19 heavy (non-hydrogen) atoms. The molecule has 2 N–H and O–H groups in total. The minimum absolute atomic E-state index is 0.0502. The summed E-state index contributed by atoms with van der Waals surface area (Å²) >= 11 is 0. The van der Waals surface area contributed by atoms with E-state index in [0.717, 1.165) is 24.4 Å². The van der Waals surface area contributed by atoms with Crippen molar-refractivity contribution in [3.8, 4) is 11.3 Å². The standard InChI is InChI=1S/C16H19N3/c1-11-3-4-13(12(2)9-11)14-5-8-18-15(19-14)16(10-17)6-7-16/h3-5,8-9H,6-7,10,17H2,1-2H3. The van der Waals surface area contributed by atoms with Crippen LogP contribution < -0.4 is 5.73 Å². The molecule has 1 aliphatic rings. The molecule has 3 heteroatoms. The maximum absolute atomic E-state index is 5.86. The Labute approximate surface area is 113 Å². The first-order valence-electron chi connectivity index (χ1n) is 6.76. The summed E-state index contributed by atoms with van der Waals surface area (Å²) in [6.45, 7) is 4.87. The number of hydrogen-bond acceptors (Lipinski definition) is 3. The van der Waals surface area contributed by atoms with Crippen LogP contribution in [0.25, 0.3) is 11.3 Å². The van der Waals surface area contributed by atoms with E-state index in [1.165, 1.54) is 16.7 Å². The van der Waals surface area contributed by atoms with Crippen LogP contribution in [0.4, 0.5) is 0 Å². The molecule has 1 saturated carbocycles. The molecule has 1 aliphatic carbocycles. The van der Waals surface area contributed by atoms with Crippen LogP contribution in [0, 0.1) is 13.8 Å². The van der Waals surface area contributed by atoms with Gasteiger partial charge in [-0.2, -0.15) is 0 Å². The molecular formula is C16H19N3. The fourth-order valence-corrected chi connectivity index (χ4v) is 2.54. The van der Waals surface area contributed by atoms with E-state index < -0.39 is 0 Å². The predicted molar refractivity (Wildman–Crippen MR) is 76.9 cm³/mol. The van der Waals surface area contributed by atoms with E-state index in [4.69, 9.17) is 10.7 Å². The van der Waals surface area contributed by atoms with Gasteiger partial charge < -0.3 is 5.73 Å². The van der Waals surface area contributed by atoms with E-state index in [9.17, 15) is 0 Å². The molecule has 1 fully saturated rings. The molecule has 0 spiro atoms. The zero-order valence-electron chi connectivity index (χ0n) is 11.5. The van der Waals surface area contributed by atoms with Crippen LogP contribution in [-0.2, 0) is 5.41 Å². The van der Waals surface area contributed by atoms with Crippen molar-refractivity contribution >= 4 is 0 Å². The van der Waals surface area contributed by atoms with Crippen LogP contribution in [0.3, 0.4) is 0 Å². The van der Waals surface area contributed by atoms with E-state index in [1.54, 1.807) is 0 Å². The summed E-state index contributed by atoms with van der Waals surface area (Å²) in [4.78, 5) is 9.17. The third-order valence-corrected chi connectivity index (χ3v) is 4.03. The Balaban J connectivity index is 2.04. The minimum Gasteiger partial charge on any atom is -0.329 e. The topological polar surface area (TPSA) is 51.8 Å². The average Bonchev–Trinajstić information content (AvgIpc) is 3.20. The summed E-state index contributed by atoms with van der Waals surface area (Å²) in [7, 11) is 0. The number of aromatic nitrogens is 2. The lowest BCUT2D eigenvalue weighted by Crippen LogP contribution is -2.22. The van der Waals surface area contributed by atoms with Crippen molar-refractivity contribution in [2.75, 3.05) is 6.54 Å². The first-order chi connectivity index (χ1) is 9.14. The van der Waals surface area contributed by atoms with Crippen LogP contribution in [0.15, 0.2) is 30.5 Å². The van der Waals surface area contributed by atoms with Crippen molar-refractivity contribution in [1.82, 2.24) is 9.97 Å². The Morgan fingerprint density at radius 3 is 2.63 bits per heavy atom. The summed E-state index contributed by atoms with van der Waals surface area (Å²) in [5, 5.41) is 0. The maximum Gasteiger partial charge on any atom is 0.136 e. The number of nitrogens with two attached hydrogens (primary N) is 1. The zero-order valence-corrected chi connectivity index (χ0v) is 11.5. The van der Waals surface area contributed by atoms with Gasteiger partial charge in [0.25, 0.3) is 0 Å². The Morgan fingerprint density at radius 2 is 2.00 bits per heavy atom. The van der Waals surface area contributed by atoms with Crippen molar-refractivity contribution in [1.29, 1.82) is 0 Å². The molecule has 0 aliphatic heterocycles. The molecule has 0 unspecified atom stereocenters. The minimum atomic E-state index is 0.0502. The second-order valence-electron chi connectivity index (χ2n) is 5.57. The SMILES string of the molecule is Cc1ccc(-c2ccnc(C3(CN)CC3)n2)c(C)c1.